The van der Waals surface area contributed by atoms with Gasteiger partial charge in [-0.15, -0.1) is 11.3 Å². The number of hydrogen-bond acceptors (Lipinski definition) is 7. The van der Waals surface area contributed by atoms with Crippen LogP contribution in [-0.4, -0.2) is 68.5 Å². The summed E-state index contributed by atoms with van der Waals surface area (Å²) in [5.74, 6) is 2.81. The lowest BCUT2D eigenvalue weighted by Crippen LogP contribution is -2.47. The van der Waals surface area contributed by atoms with Gasteiger partial charge in [-0.2, -0.15) is 5.10 Å². The minimum Gasteiger partial charge on any atom is -0.460 e. The van der Waals surface area contributed by atoms with Crippen LogP contribution in [0.3, 0.4) is 0 Å². The molecule has 40 heavy (non-hydrogen) atoms. The Balaban J connectivity index is 1.52. The number of furan rings is 1. The minimum absolute atomic E-state index is 0.000704. The molecule has 3 aromatic rings. The van der Waals surface area contributed by atoms with Crippen molar-refractivity contribution in [3.63, 3.8) is 0 Å². The van der Waals surface area contributed by atoms with Crippen molar-refractivity contribution in [2.45, 2.75) is 78.4 Å². The van der Waals surface area contributed by atoms with Gasteiger partial charge >= 0.3 is 0 Å². The normalized spacial score (nSPS) is 19.4. The van der Waals surface area contributed by atoms with E-state index in [0.29, 0.717) is 62.9 Å². The molecule has 0 radical (unpaired) electrons. The van der Waals surface area contributed by atoms with Gasteiger partial charge in [0.25, 0.3) is 0 Å². The van der Waals surface area contributed by atoms with Gasteiger partial charge in [0.15, 0.2) is 0 Å². The van der Waals surface area contributed by atoms with Crippen LogP contribution in [0, 0.1) is 12.8 Å². The molecule has 1 N–H and O–H groups in total. The molecule has 0 aromatic carbocycles. The zero-order chi connectivity index (χ0) is 28.8. The summed E-state index contributed by atoms with van der Waals surface area (Å²) in [7, 11) is 1.65. The van der Waals surface area contributed by atoms with Crippen molar-refractivity contribution in [3.8, 4) is 10.6 Å². The summed E-state index contributed by atoms with van der Waals surface area (Å²) in [4.78, 5) is 48.4. The van der Waals surface area contributed by atoms with Crippen molar-refractivity contribution >= 4 is 29.1 Å². The summed E-state index contributed by atoms with van der Waals surface area (Å²) in [6, 6.07) is 6.87. The van der Waals surface area contributed by atoms with Crippen LogP contribution in [0.25, 0.3) is 10.6 Å². The van der Waals surface area contributed by atoms with E-state index >= 15 is 0 Å². The third-order valence-corrected chi connectivity index (χ3v) is 8.14. The summed E-state index contributed by atoms with van der Waals surface area (Å²) >= 11 is 1.61. The minimum atomic E-state index is -0.632. The number of likely N-dealkylation sites (N-methyl/N-ethyl adjacent to an activating group) is 1. The summed E-state index contributed by atoms with van der Waals surface area (Å²) < 4.78 is 7.79. The van der Waals surface area contributed by atoms with Gasteiger partial charge < -0.3 is 19.5 Å². The van der Waals surface area contributed by atoms with Gasteiger partial charge in [0, 0.05) is 39.4 Å². The Kier molecular flexibility index (Phi) is 9.78. The summed E-state index contributed by atoms with van der Waals surface area (Å²) in [5, 5.41) is 9.72. The zero-order valence-electron chi connectivity index (χ0n) is 24.1. The monoisotopic (exact) mass is 568 g/mol. The lowest BCUT2D eigenvalue weighted by molar-refractivity contribution is -0.139. The Bertz CT molecular complexity index is 1300. The largest absolute Gasteiger partial charge is 0.460 e. The van der Waals surface area contributed by atoms with Crippen LogP contribution < -0.4 is 5.32 Å². The maximum atomic E-state index is 13.4. The molecule has 0 saturated carbocycles. The summed E-state index contributed by atoms with van der Waals surface area (Å²) in [5.41, 5.74) is 0. The highest BCUT2D eigenvalue weighted by Crippen LogP contribution is 2.27. The second-order valence-electron chi connectivity index (χ2n) is 10.8. The molecule has 0 spiro atoms. The SMILES string of the molecule is Cc1nc2n(n1)CCN(C(=O)CCc1ccc(-c3cccs3)o1)CCCC(=O)N(C)[C@@H](C)C(=O)N[C@@H]2CC(C)C. The van der Waals surface area contributed by atoms with Crippen LogP contribution in [-0.2, 0) is 27.3 Å². The van der Waals surface area contributed by atoms with Crippen LogP contribution in [0.1, 0.15) is 69.9 Å². The number of aromatic nitrogens is 3. The fraction of sp³-hybridized carbons (Fsp3) is 0.552. The fourth-order valence-electron chi connectivity index (χ4n) is 4.90. The Labute approximate surface area is 239 Å². The van der Waals surface area contributed by atoms with Crippen molar-refractivity contribution in [1.82, 2.24) is 29.9 Å². The molecular formula is C29H40N6O4S. The van der Waals surface area contributed by atoms with Crippen molar-refractivity contribution in [2.75, 3.05) is 20.1 Å². The molecule has 0 aliphatic carbocycles. The number of nitrogens with zero attached hydrogens (tertiary/aromatic N) is 5. The topological polar surface area (TPSA) is 114 Å². The van der Waals surface area contributed by atoms with E-state index in [0.717, 1.165) is 16.4 Å². The van der Waals surface area contributed by atoms with Gasteiger partial charge in [-0.1, -0.05) is 19.9 Å². The second-order valence-corrected chi connectivity index (χ2v) is 11.8. The van der Waals surface area contributed by atoms with E-state index in [-0.39, 0.29) is 30.2 Å². The number of rotatable bonds is 6. The van der Waals surface area contributed by atoms with Crippen LogP contribution in [0.15, 0.2) is 34.1 Å². The third-order valence-electron chi connectivity index (χ3n) is 7.26. The van der Waals surface area contributed by atoms with Gasteiger partial charge in [-0.3, -0.25) is 14.4 Å². The van der Waals surface area contributed by atoms with Crippen LogP contribution >= 0.6 is 11.3 Å². The molecule has 0 bridgehead atoms. The average Bonchev–Trinajstić information content (AvgIpc) is 3.68. The van der Waals surface area contributed by atoms with E-state index in [1.54, 1.807) is 25.3 Å². The number of carbonyl (C=O) groups excluding carboxylic acids is 3. The van der Waals surface area contributed by atoms with Crippen molar-refractivity contribution in [2.24, 2.45) is 5.92 Å². The third kappa shape index (κ3) is 7.38. The number of fused-ring (bicyclic) bond motifs is 1. The van der Waals surface area contributed by atoms with Gasteiger partial charge in [0.2, 0.25) is 17.7 Å². The van der Waals surface area contributed by atoms with Crippen LogP contribution in [0.5, 0.6) is 0 Å². The maximum Gasteiger partial charge on any atom is 0.243 e. The van der Waals surface area contributed by atoms with Gasteiger partial charge in [-0.25, -0.2) is 9.67 Å². The van der Waals surface area contributed by atoms with Gasteiger partial charge in [-0.05, 0) is 56.2 Å². The predicted octanol–water partition coefficient (Wildman–Crippen LogP) is 4.21. The molecule has 4 rings (SSSR count). The number of carbonyl (C=O) groups is 3. The molecule has 10 nitrogen and oxygen atoms in total. The Morgan fingerprint density at radius 3 is 2.73 bits per heavy atom. The van der Waals surface area contributed by atoms with E-state index in [1.807, 2.05) is 46.2 Å². The van der Waals surface area contributed by atoms with Crippen molar-refractivity contribution in [1.29, 1.82) is 0 Å². The molecule has 11 heteroatoms. The molecule has 0 saturated heterocycles. The molecule has 2 atom stereocenters. The Morgan fingerprint density at radius 1 is 1.20 bits per heavy atom. The molecule has 3 aromatic heterocycles. The van der Waals surface area contributed by atoms with E-state index in [9.17, 15) is 14.4 Å². The maximum absolute atomic E-state index is 13.4. The quantitative estimate of drug-likeness (QED) is 0.477. The Hall–Kier alpha value is -3.47. The molecule has 3 amide bonds. The van der Waals surface area contributed by atoms with Gasteiger partial charge in [0.1, 0.15) is 29.2 Å². The standard InChI is InChI=1S/C29H40N6O4S/c1-19(2)18-23-28-30-21(4)32-35(28)16-15-34(14-6-9-26(36)33(5)20(3)29(38)31-23)27(37)13-11-22-10-12-24(39-22)25-8-7-17-40-25/h7-8,10,12,17,19-20,23H,6,9,11,13-16,18H2,1-5H3,(H,31,38)/t20-,23+/m0/s1. The Morgan fingerprint density at radius 2 is 2.00 bits per heavy atom. The van der Waals surface area contributed by atoms with E-state index < -0.39 is 6.04 Å². The molecule has 216 valence electrons. The predicted molar refractivity (Wildman–Crippen MR) is 153 cm³/mol. The first-order valence-electron chi connectivity index (χ1n) is 14.0. The van der Waals surface area contributed by atoms with E-state index in [1.165, 1.54) is 4.90 Å². The number of amides is 3. The molecule has 1 aliphatic heterocycles. The number of hydrogen-bond donors (Lipinski definition) is 1. The highest BCUT2D eigenvalue weighted by molar-refractivity contribution is 7.13. The smallest absolute Gasteiger partial charge is 0.243 e. The van der Waals surface area contributed by atoms with Crippen LogP contribution in [0.2, 0.25) is 0 Å². The zero-order valence-corrected chi connectivity index (χ0v) is 24.9. The highest BCUT2D eigenvalue weighted by Gasteiger charge is 2.29. The first kappa shape index (κ1) is 29.5. The van der Waals surface area contributed by atoms with Crippen LogP contribution in [0.4, 0.5) is 0 Å². The number of thiophene rings is 1. The first-order chi connectivity index (χ1) is 19.1. The fourth-order valence-corrected chi connectivity index (χ4v) is 5.59. The lowest BCUT2D eigenvalue weighted by Gasteiger charge is -2.29. The molecule has 0 fully saturated rings. The summed E-state index contributed by atoms with van der Waals surface area (Å²) in [6.45, 7) is 9.05. The van der Waals surface area contributed by atoms with Crippen molar-refractivity contribution < 1.29 is 18.8 Å². The van der Waals surface area contributed by atoms with Gasteiger partial charge in [0.05, 0.1) is 17.5 Å². The number of aryl methyl sites for hydroxylation is 2. The molecule has 0 unspecified atom stereocenters. The average molecular weight is 569 g/mol. The first-order valence-corrected chi connectivity index (χ1v) is 14.9. The summed E-state index contributed by atoms with van der Waals surface area (Å²) in [6.07, 6.45) is 2.23. The molecule has 1 aliphatic rings. The number of nitrogens with one attached hydrogen (secondary N) is 1. The molecular weight excluding hydrogens is 528 g/mol. The van der Waals surface area contributed by atoms with E-state index in [2.05, 4.69) is 29.2 Å². The van der Waals surface area contributed by atoms with E-state index in [4.69, 9.17) is 4.42 Å². The highest BCUT2D eigenvalue weighted by atomic mass is 32.1. The second kappa shape index (κ2) is 13.3. The van der Waals surface area contributed by atoms with Crippen molar-refractivity contribution in [3.05, 3.63) is 47.1 Å². The lowest BCUT2D eigenvalue weighted by atomic mass is 10.0. The molecule has 4 heterocycles.